The van der Waals surface area contributed by atoms with E-state index in [9.17, 15) is 4.79 Å². The van der Waals surface area contributed by atoms with Crippen LogP contribution in [0.15, 0.2) is 46.9 Å². The summed E-state index contributed by atoms with van der Waals surface area (Å²) in [5, 5.41) is 0. The summed E-state index contributed by atoms with van der Waals surface area (Å²) in [4.78, 5) is 14.8. The van der Waals surface area contributed by atoms with Gasteiger partial charge in [0.15, 0.2) is 0 Å². The van der Waals surface area contributed by atoms with Gasteiger partial charge in [-0.25, -0.2) is 0 Å². The summed E-state index contributed by atoms with van der Waals surface area (Å²) in [6.07, 6.45) is 0.885. The van der Waals surface area contributed by atoms with E-state index in [1.54, 1.807) is 7.11 Å². The summed E-state index contributed by atoms with van der Waals surface area (Å²) in [6.45, 7) is 1.59. The SMILES string of the molecule is COCCOc1ccc(Br)cc1C(=O)N1CCc2ccccc21. The zero-order chi connectivity index (χ0) is 16.2. The zero-order valence-electron chi connectivity index (χ0n) is 12.9. The largest absolute Gasteiger partial charge is 0.490 e. The molecule has 23 heavy (non-hydrogen) atoms. The molecule has 2 aromatic carbocycles. The number of rotatable bonds is 5. The van der Waals surface area contributed by atoms with Crippen molar-refractivity contribution in [3.05, 3.63) is 58.1 Å². The third-order valence-corrected chi connectivity index (χ3v) is 4.34. The topological polar surface area (TPSA) is 38.8 Å². The molecule has 0 saturated heterocycles. The summed E-state index contributed by atoms with van der Waals surface area (Å²) in [5.74, 6) is 0.545. The number of para-hydroxylation sites is 1. The van der Waals surface area contributed by atoms with Gasteiger partial charge in [-0.05, 0) is 36.2 Å². The Morgan fingerprint density at radius 1 is 1.22 bits per heavy atom. The second-order valence-electron chi connectivity index (χ2n) is 5.32. The molecule has 5 heteroatoms. The highest BCUT2D eigenvalue weighted by Gasteiger charge is 2.27. The molecule has 0 fully saturated rings. The Balaban J connectivity index is 1.89. The summed E-state index contributed by atoms with van der Waals surface area (Å²) in [5.41, 5.74) is 2.75. The highest BCUT2D eigenvalue weighted by molar-refractivity contribution is 9.10. The number of hydrogen-bond acceptors (Lipinski definition) is 3. The normalized spacial score (nSPS) is 13.0. The second-order valence-corrected chi connectivity index (χ2v) is 6.23. The molecule has 1 heterocycles. The van der Waals surface area contributed by atoms with Crippen molar-refractivity contribution in [1.29, 1.82) is 0 Å². The van der Waals surface area contributed by atoms with Crippen LogP contribution in [0.4, 0.5) is 5.69 Å². The summed E-state index contributed by atoms with van der Waals surface area (Å²) in [7, 11) is 1.62. The smallest absolute Gasteiger partial charge is 0.262 e. The number of methoxy groups -OCH3 is 1. The molecule has 0 bridgehead atoms. The first-order valence-electron chi connectivity index (χ1n) is 7.52. The highest BCUT2D eigenvalue weighted by atomic mass is 79.9. The lowest BCUT2D eigenvalue weighted by atomic mass is 10.1. The Hall–Kier alpha value is -1.85. The lowest BCUT2D eigenvalue weighted by Gasteiger charge is -2.19. The predicted octanol–water partition coefficient (Wildman–Crippen LogP) is 3.68. The van der Waals surface area contributed by atoms with E-state index in [1.807, 2.05) is 41.3 Å². The number of carbonyl (C=O) groups is 1. The first-order valence-corrected chi connectivity index (χ1v) is 8.31. The van der Waals surface area contributed by atoms with Gasteiger partial charge in [-0.3, -0.25) is 4.79 Å². The molecule has 0 aliphatic carbocycles. The lowest BCUT2D eigenvalue weighted by Crippen LogP contribution is -2.29. The van der Waals surface area contributed by atoms with E-state index in [0.717, 1.165) is 16.6 Å². The number of carbonyl (C=O) groups excluding carboxylic acids is 1. The molecule has 0 radical (unpaired) electrons. The van der Waals surface area contributed by atoms with Crippen molar-refractivity contribution < 1.29 is 14.3 Å². The average Bonchev–Trinajstić information content (AvgIpc) is 3.00. The molecule has 0 aromatic heterocycles. The van der Waals surface area contributed by atoms with Gasteiger partial charge in [0.25, 0.3) is 5.91 Å². The van der Waals surface area contributed by atoms with E-state index in [-0.39, 0.29) is 5.91 Å². The maximum absolute atomic E-state index is 13.0. The van der Waals surface area contributed by atoms with Crippen LogP contribution < -0.4 is 9.64 Å². The number of amides is 1. The van der Waals surface area contributed by atoms with Crippen molar-refractivity contribution in [1.82, 2.24) is 0 Å². The van der Waals surface area contributed by atoms with Crippen LogP contribution in [0.2, 0.25) is 0 Å². The highest BCUT2D eigenvalue weighted by Crippen LogP contribution is 2.32. The Labute approximate surface area is 144 Å². The van der Waals surface area contributed by atoms with Crippen LogP contribution in [0.1, 0.15) is 15.9 Å². The average molecular weight is 376 g/mol. The number of ether oxygens (including phenoxy) is 2. The van der Waals surface area contributed by atoms with Crippen LogP contribution in [0.3, 0.4) is 0 Å². The molecule has 1 amide bonds. The van der Waals surface area contributed by atoms with Gasteiger partial charge in [0, 0.05) is 23.8 Å². The maximum Gasteiger partial charge on any atom is 0.262 e. The second kappa shape index (κ2) is 7.15. The van der Waals surface area contributed by atoms with Gasteiger partial charge in [-0.1, -0.05) is 34.1 Å². The number of nitrogens with zero attached hydrogens (tertiary/aromatic N) is 1. The van der Waals surface area contributed by atoms with Crippen molar-refractivity contribution in [2.75, 3.05) is 31.8 Å². The maximum atomic E-state index is 13.0. The van der Waals surface area contributed by atoms with E-state index < -0.39 is 0 Å². The van der Waals surface area contributed by atoms with Crippen LogP contribution in [-0.2, 0) is 11.2 Å². The van der Waals surface area contributed by atoms with Gasteiger partial charge in [-0.15, -0.1) is 0 Å². The van der Waals surface area contributed by atoms with Crippen LogP contribution in [0.5, 0.6) is 5.75 Å². The predicted molar refractivity (Wildman–Crippen MR) is 93.3 cm³/mol. The molecule has 4 nitrogen and oxygen atoms in total. The van der Waals surface area contributed by atoms with E-state index in [0.29, 0.717) is 31.1 Å². The first-order chi connectivity index (χ1) is 11.2. The van der Waals surface area contributed by atoms with Crippen LogP contribution in [-0.4, -0.2) is 32.8 Å². The zero-order valence-corrected chi connectivity index (χ0v) is 14.5. The molecule has 120 valence electrons. The third kappa shape index (κ3) is 3.41. The van der Waals surface area contributed by atoms with E-state index in [4.69, 9.17) is 9.47 Å². The van der Waals surface area contributed by atoms with Crippen molar-refractivity contribution >= 4 is 27.5 Å². The molecular formula is C18H18BrNO3. The molecule has 0 unspecified atom stereocenters. The molecule has 0 N–H and O–H groups in total. The molecule has 2 aromatic rings. The first kappa shape index (κ1) is 16.0. The van der Waals surface area contributed by atoms with Crippen molar-refractivity contribution in [2.45, 2.75) is 6.42 Å². The van der Waals surface area contributed by atoms with Gasteiger partial charge in [0.1, 0.15) is 12.4 Å². The number of halogens is 1. The van der Waals surface area contributed by atoms with E-state index in [2.05, 4.69) is 22.0 Å². The van der Waals surface area contributed by atoms with E-state index in [1.165, 1.54) is 5.56 Å². The molecule has 0 saturated carbocycles. The number of fused-ring (bicyclic) bond motifs is 1. The van der Waals surface area contributed by atoms with Crippen molar-refractivity contribution in [3.8, 4) is 5.75 Å². The molecule has 0 atom stereocenters. The van der Waals surface area contributed by atoms with Crippen LogP contribution in [0, 0.1) is 0 Å². The minimum atomic E-state index is -0.0383. The van der Waals surface area contributed by atoms with Crippen LogP contribution >= 0.6 is 15.9 Å². The van der Waals surface area contributed by atoms with Crippen molar-refractivity contribution in [3.63, 3.8) is 0 Å². The number of anilines is 1. The summed E-state index contributed by atoms with van der Waals surface area (Å²) >= 11 is 3.44. The number of benzene rings is 2. The Morgan fingerprint density at radius 3 is 2.87 bits per heavy atom. The Morgan fingerprint density at radius 2 is 2.04 bits per heavy atom. The summed E-state index contributed by atoms with van der Waals surface area (Å²) < 4.78 is 11.6. The monoisotopic (exact) mass is 375 g/mol. The molecule has 3 rings (SSSR count). The standard InChI is InChI=1S/C18H18BrNO3/c1-22-10-11-23-17-7-6-14(19)12-15(17)18(21)20-9-8-13-4-2-3-5-16(13)20/h2-7,12H,8-11H2,1H3. The fraction of sp³-hybridized carbons (Fsp3) is 0.278. The minimum Gasteiger partial charge on any atom is -0.490 e. The fourth-order valence-electron chi connectivity index (χ4n) is 2.72. The van der Waals surface area contributed by atoms with Gasteiger partial charge in [-0.2, -0.15) is 0 Å². The quantitative estimate of drug-likeness (QED) is 0.748. The number of hydrogen-bond donors (Lipinski definition) is 0. The molecule has 0 spiro atoms. The van der Waals surface area contributed by atoms with Gasteiger partial charge in [0.2, 0.25) is 0 Å². The van der Waals surface area contributed by atoms with Gasteiger partial charge >= 0.3 is 0 Å². The van der Waals surface area contributed by atoms with Crippen LogP contribution in [0.25, 0.3) is 0 Å². The fourth-order valence-corrected chi connectivity index (χ4v) is 3.09. The lowest BCUT2D eigenvalue weighted by molar-refractivity contribution is 0.0981. The Bertz CT molecular complexity index is 717. The van der Waals surface area contributed by atoms with Gasteiger partial charge < -0.3 is 14.4 Å². The minimum absolute atomic E-state index is 0.0383. The molecule has 1 aliphatic heterocycles. The summed E-state index contributed by atoms with van der Waals surface area (Å²) in [6, 6.07) is 13.5. The van der Waals surface area contributed by atoms with Gasteiger partial charge in [0.05, 0.1) is 12.2 Å². The van der Waals surface area contributed by atoms with E-state index >= 15 is 0 Å². The molecular weight excluding hydrogens is 358 g/mol. The van der Waals surface area contributed by atoms with Crippen molar-refractivity contribution in [2.24, 2.45) is 0 Å². The Kier molecular flexibility index (Phi) is 4.98. The molecule has 1 aliphatic rings. The third-order valence-electron chi connectivity index (χ3n) is 3.85.